The molecule has 168 valence electrons. The summed E-state index contributed by atoms with van der Waals surface area (Å²) in [6.45, 7) is 2.34. The van der Waals surface area contributed by atoms with E-state index in [1.165, 1.54) is 38.5 Å². The van der Waals surface area contributed by atoms with E-state index < -0.39 is 24.5 Å². The van der Waals surface area contributed by atoms with Gasteiger partial charge in [-0.3, -0.25) is 0 Å². The van der Waals surface area contributed by atoms with Crippen LogP contribution in [0.1, 0.15) is 72.6 Å². The smallest absolute Gasteiger partial charge is 0.304 e. The Labute approximate surface area is 167 Å². The normalized spacial score (nSPS) is 41.2. The van der Waals surface area contributed by atoms with Crippen LogP contribution in [0.4, 0.5) is 17.6 Å². The van der Waals surface area contributed by atoms with Gasteiger partial charge in [-0.1, -0.05) is 19.8 Å². The lowest BCUT2D eigenvalue weighted by Crippen LogP contribution is -2.43. The van der Waals surface area contributed by atoms with Crippen molar-refractivity contribution in [1.82, 2.24) is 0 Å². The van der Waals surface area contributed by atoms with Crippen molar-refractivity contribution in [2.75, 3.05) is 0 Å². The van der Waals surface area contributed by atoms with Gasteiger partial charge < -0.3 is 15.7 Å². The SMILES string of the molecule is CC1CCC(C2CCC(C3CC(F)C(OC=C(F)F)C(F)C3)CC2)CC1.O.O.[HH]. The summed E-state index contributed by atoms with van der Waals surface area (Å²) < 4.78 is 57.5. The minimum atomic E-state index is -2.05. The molecule has 0 radical (unpaired) electrons. The highest BCUT2D eigenvalue weighted by Crippen LogP contribution is 2.46. The van der Waals surface area contributed by atoms with Gasteiger partial charge in [0.25, 0.3) is 0 Å². The number of ether oxygens (including phenoxy) is 1. The first kappa shape index (κ1) is 25.2. The van der Waals surface area contributed by atoms with E-state index in [0.717, 1.165) is 30.6 Å². The summed E-state index contributed by atoms with van der Waals surface area (Å²) in [7, 11) is 0. The Kier molecular flexibility index (Phi) is 10.3. The van der Waals surface area contributed by atoms with Crippen LogP contribution in [-0.4, -0.2) is 29.4 Å². The van der Waals surface area contributed by atoms with Gasteiger partial charge in [0, 0.05) is 1.43 Å². The predicted octanol–water partition coefficient (Wildman–Crippen LogP) is 5.43. The molecule has 7 heteroatoms. The lowest BCUT2D eigenvalue weighted by Gasteiger charge is -2.42. The highest BCUT2D eigenvalue weighted by Gasteiger charge is 2.43. The first-order chi connectivity index (χ1) is 12.4. The first-order valence-electron chi connectivity index (χ1n) is 10.4. The van der Waals surface area contributed by atoms with Gasteiger partial charge >= 0.3 is 6.08 Å². The topological polar surface area (TPSA) is 72.2 Å². The molecule has 0 aromatic carbocycles. The van der Waals surface area contributed by atoms with Crippen LogP contribution in [0.2, 0.25) is 0 Å². The molecule has 4 N–H and O–H groups in total. The van der Waals surface area contributed by atoms with Crippen molar-refractivity contribution < 1.29 is 34.7 Å². The van der Waals surface area contributed by atoms with Crippen molar-refractivity contribution in [3.63, 3.8) is 0 Å². The first-order valence-corrected chi connectivity index (χ1v) is 10.4. The van der Waals surface area contributed by atoms with Crippen LogP contribution in [0, 0.1) is 29.6 Å². The molecule has 0 aromatic rings. The zero-order chi connectivity index (χ0) is 18.7. The summed E-state index contributed by atoms with van der Waals surface area (Å²) in [5, 5.41) is 0. The van der Waals surface area contributed by atoms with E-state index in [-0.39, 0.29) is 37.4 Å². The van der Waals surface area contributed by atoms with E-state index >= 15 is 0 Å². The third kappa shape index (κ3) is 6.34. The molecule has 3 aliphatic carbocycles. The second-order valence-electron chi connectivity index (χ2n) is 8.97. The molecule has 3 nitrogen and oxygen atoms in total. The van der Waals surface area contributed by atoms with E-state index in [1.807, 2.05) is 0 Å². The van der Waals surface area contributed by atoms with Crippen molar-refractivity contribution in [1.29, 1.82) is 0 Å². The minimum absolute atomic E-state index is 0. The Morgan fingerprint density at radius 1 is 0.750 bits per heavy atom. The zero-order valence-electron chi connectivity index (χ0n) is 16.7. The molecule has 0 saturated heterocycles. The molecule has 2 atom stereocenters. The number of rotatable bonds is 4. The van der Waals surface area contributed by atoms with Crippen LogP contribution in [0.15, 0.2) is 12.3 Å². The maximum absolute atomic E-state index is 14.3. The van der Waals surface area contributed by atoms with Crippen LogP contribution in [0.3, 0.4) is 0 Å². The van der Waals surface area contributed by atoms with Gasteiger partial charge in [0.2, 0.25) is 0 Å². The van der Waals surface area contributed by atoms with Crippen molar-refractivity contribution in [3.8, 4) is 0 Å². The molecule has 0 spiro atoms. The van der Waals surface area contributed by atoms with Crippen molar-refractivity contribution in [3.05, 3.63) is 12.3 Å². The van der Waals surface area contributed by atoms with Crippen molar-refractivity contribution in [2.24, 2.45) is 29.6 Å². The van der Waals surface area contributed by atoms with Gasteiger partial charge in [0.05, 0.1) is 0 Å². The molecule has 0 bridgehead atoms. The van der Waals surface area contributed by atoms with E-state index in [1.54, 1.807) is 0 Å². The number of alkyl halides is 2. The Morgan fingerprint density at radius 2 is 1.14 bits per heavy atom. The van der Waals surface area contributed by atoms with Crippen LogP contribution in [0.25, 0.3) is 0 Å². The van der Waals surface area contributed by atoms with Crippen LogP contribution in [-0.2, 0) is 4.74 Å². The maximum Gasteiger partial charge on any atom is 0.304 e. The second kappa shape index (κ2) is 11.4. The quantitative estimate of drug-likeness (QED) is 0.447. The summed E-state index contributed by atoms with van der Waals surface area (Å²) in [6.07, 6.45) is 4.08. The average molecular weight is 415 g/mol. The van der Waals surface area contributed by atoms with Crippen molar-refractivity contribution >= 4 is 0 Å². The standard InChI is InChI=1S/C21H32F4O.2H2O.H2/c1-13-2-4-14(5-3-13)15-6-8-16(9-7-15)17-10-18(22)21(19(23)11-17)26-12-20(24)25;;;/h12-19,21H,2-11H2,1H3;2*1H2;1H. The molecule has 0 aliphatic heterocycles. The number of hydrogen-bond donors (Lipinski definition) is 0. The van der Waals surface area contributed by atoms with E-state index in [0.29, 0.717) is 5.92 Å². The van der Waals surface area contributed by atoms with Gasteiger partial charge in [0.1, 0.15) is 18.6 Å². The van der Waals surface area contributed by atoms with Gasteiger partial charge in [-0.05, 0) is 81.0 Å². The minimum Gasteiger partial charge on any atom is -0.486 e. The summed E-state index contributed by atoms with van der Waals surface area (Å²) in [5.74, 6) is 2.90. The lowest BCUT2D eigenvalue weighted by atomic mass is 9.65. The third-order valence-electron chi connectivity index (χ3n) is 7.29. The fourth-order valence-corrected chi connectivity index (χ4v) is 5.70. The fraction of sp³-hybridized carbons (Fsp3) is 0.905. The molecule has 0 aromatic heterocycles. The molecule has 2 unspecified atom stereocenters. The maximum atomic E-state index is 14.3. The summed E-state index contributed by atoms with van der Waals surface area (Å²) in [5.41, 5.74) is 0. The zero-order valence-corrected chi connectivity index (χ0v) is 16.7. The van der Waals surface area contributed by atoms with Crippen LogP contribution >= 0.6 is 0 Å². The second-order valence-corrected chi connectivity index (χ2v) is 8.97. The fourth-order valence-electron chi connectivity index (χ4n) is 5.70. The van der Waals surface area contributed by atoms with Crippen LogP contribution < -0.4 is 0 Å². The number of halogens is 4. The molecule has 3 fully saturated rings. The molecular weight excluding hydrogens is 376 g/mol. The molecule has 3 saturated carbocycles. The molecule has 3 rings (SSSR count). The van der Waals surface area contributed by atoms with Crippen molar-refractivity contribution in [2.45, 2.75) is 89.6 Å². The summed E-state index contributed by atoms with van der Waals surface area (Å²) >= 11 is 0. The van der Waals surface area contributed by atoms with Gasteiger partial charge in [-0.15, -0.1) is 0 Å². The highest BCUT2D eigenvalue weighted by molar-refractivity contribution is 4.93. The summed E-state index contributed by atoms with van der Waals surface area (Å²) in [4.78, 5) is 0. The largest absolute Gasteiger partial charge is 0.486 e. The van der Waals surface area contributed by atoms with Crippen LogP contribution in [0.5, 0.6) is 0 Å². The van der Waals surface area contributed by atoms with Gasteiger partial charge in [-0.2, -0.15) is 8.78 Å². The van der Waals surface area contributed by atoms with E-state index in [9.17, 15) is 17.6 Å². The average Bonchev–Trinajstić information content (AvgIpc) is 2.61. The molecule has 0 heterocycles. The Hall–Kier alpha value is -0.820. The lowest BCUT2D eigenvalue weighted by molar-refractivity contribution is -0.0594. The van der Waals surface area contributed by atoms with Gasteiger partial charge in [0.15, 0.2) is 6.10 Å². The Bertz CT molecular complexity index is 465. The van der Waals surface area contributed by atoms with E-state index in [4.69, 9.17) is 0 Å². The Morgan fingerprint density at radius 3 is 1.57 bits per heavy atom. The Balaban J connectivity index is 0.00000261. The van der Waals surface area contributed by atoms with E-state index in [2.05, 4.69) is 11.7 Å². The number of hydrogen-bond acceptors (Lipinski definition) is 1. The molecule has 28 heavy (non-hydrogen) atoms. The molecule has 3 aliphatic rings. The summed E-state index contributed by atoms with van der Waals surface area (Å²) in [6, 6.07) is 0. The molecular formula is C21H38F4O3. The highest BCUT2D eigenvalue weighted by atomic mass is 19.3. The third-order valence-corrected chi connectivity index (χ3v) is 7.29. The molecule has 0 amide bonds. The predicted molar refractivity (Wildman–Crippen MR) is 104 cm³/mol. The monoisotopic (exact) mass is 414 g/mol. The van der Waals surface area contributed by atoms with Gasteiger partial charge in [-0.25, -0.2) is 8.78 Å².